The van der Waals surface area contributed by atoms with Crippen molar-refractivity contribution in [3.8, 4) is 17.7 Å². The number of hydrogen-bond acceptors (Lipinski definition) is 8. The molecular formula is C25H26FN5O3S. The number of ether oxygens (including phenoxy) is 1. The molecule has 0 spiro atoms. The van der Waals surface area contributed by atoms with Gasteiger partial charge in [0.1, 0.15) is 11.6 Å². The van der Waals surface area contributed by atoms with Crippen LogP contribution in [-0.2, 0) is 0 Å². The standard InChI is InChI=1S/C25H26FN5O3S/c1-16-12-18(4-3-8-27)13-17(2)24(16)34-23-7-9-29-25(31-23)30-19-5-6-20(21(26)14-19)22-15-28-10-11-35(22,32)33/h3-7,9,12-14,22,28,32-33H,10-11,15H2,1-2H3,(H,29,30,31)/b4-3+. The van der Waals surface area contributed by atoms with Gasteiger partial charge in [0.15, 0.2) is 0 Å². The van der Waals surface area contributed by atoms with Crippen molar-refractivity contribution in [2.45, 2.75) is 19.1 Å². The molecule has 35 heavy (non-hydrogen) atoms. The van der Waals surface area contributed by atoms with E-state index in [0.717, 1.165) is 16.7 Å². The SMILES string of the molecule is Cc1cc(/C=C/C#N)cc(C)c1Oc1ccnc(Nc2ccc(C3CNCCS3(O)O)c(F)c2)n1. The third-order valence-corrected chi connectivity index (χ3v) is 7.77. The van der Waals surface area contributed by atoms with E-state index < -0.39 is 21.7 Å². The van der Waals surface area contributed by atoms with Crippen LogP contribution in [0.3, 0.4) is 0 Å². The third kappa shape index (κ3) is 5.78. The first-order chi connectivity index (χ1) is 16.8. The summed E-state index contributed by atoms with van der Waals surface area (Å²) in [4.78, 5) is 8.56. The molecule has 0 bridgehead atoms. The van der Waals surface area contributed by atoms with E-state index >= 15 is 0 Å². The minimum atomic E-state index is -2.90. The Hall–Kier alpha value is -3.49. The summed E-state index contributed by atoms with van der Waals surface area (Å²) >= 11 is 0. The summed E-state index contributed by atoms with van der Waals surface area (Å²) in [6, 6.07) is 11.9. The number of nitrogens with zero attached hydrogens (tertiary/aromatic N) is 3. The van der Waals surface area contributed by atoms with Gasteiger partial charge in [0, 0.05) is 42.7 Å². The molecule has 10 heteroatoms. The lowest BCUT2D eigenvalue weighted by Crippen LogP contribution is -2.36. The van der Waals surface area contributed by atoms with E-state index in [4.69, 9.17) is 10.00 Å². The number of anilines is 2. The van der Waals surface area contributed by atoms with Crippen molar-refractivity contribution >= 4 is 28.3 Å². The van der Waals surface area contributed by atoms with Gasteiger partial charge in [-0.15, -0.1) is 0 Å². The molecule has 0 radical (unpaired) electrons. The number of aryl methyl sites for hydroxylation is 2. The predicted octanol–water partition coefficient (Wildman–Crippen LogP) is 5.70. The monoisotopic (exact) mass is 495 g/mol. The van der Waals surface area contributed by atoms with Crippen molar-refractivity contribution in [3.63, 3.8) is 0 Å². The first kappa shape index (κ1) is 24.6. The summed E-state index contributed by atoms with van der Waals surface area (Å²) in [7, 11) is -2.90. The summed E-state index contributed by atoms with van der Waals surface area (Å²) in [5.74, 6) is 0.860. The van der Waals surface area contributed by atoms with Crippen molar-refractivity contribution in [1.29, 1.82) is 5.26 Å². The number of benzene rings is 2. The predicted molar refractivity (Wildman–Crippen MR) is 136 cm³/mol. The van der Waals surface area contributed by atoms with E-state index in [9.17, 15) is 13.5 Å². The molecule has 1 unspecified atom stereocenters. The molecule has 4 rings (SSSR count). The zero-order valence-electron chi connectivity index (χ0n) is 19.3. The molecule has 8 nitrogen and oxygen atoms in total. The number of aromatic nitrogens is 2. The molecule has 3 aromatic rings. The van der Waals surface area contributed by atoms with Gasteiger partial charge in [0.2, 0.25) is 11.8 Å². The van der Waals surface area contributed by atoms with Crippen molar-refractivity contribution in [1.82, 2.24) is 15.3 Å². The normalized spacial score (nSPS) is 18.1. The largest absolute Gasteiger partial charge is 0.438 e. The highest BCUT2D eigenvalue weighted by Crippen LogP contribution is 2.54. The van der Waals surface area contributed by atoms with Crippen molar-refractivity contribution in [2.24, 2.45) is 0 Å². The first-order valence-corrected chi connectivity index (χ1v) is 12.7. The number of halogens is 1. The van der Waals surface area contributed by atoms with E-state index in [1.165, 1.54) is 18.3 Å². The van der Waals surface area contributed by atoms with Crippen LogP contribution in [0.1, 0.15) is 27.5 Å². The smallest absolute Gasteiger partial charge is 0.230 e. The zero-order chi connectivity index (χ0) is 25.0. The second-order valence-electron chi connectivity index (χ2n) is 8.24. The first-order valence-electron chi connectivity index (χ1n) is 11.0. The highest BCUT2D eigenvalue weighted by atomic mass is 32.3. The molecule has 1 aliphatic heterocycles. The van der Waals surface area contributed by atoms with Gasteiger partial charge in [-0.1, -0.05) is 6.07 Å². The van der Waals surface area contributed by atoms with Gasteiger partial charge in [-0.3, -0.25) is 9.11 Å². The molecule has 4 N–H and O–H groups in total. The Balaban J connectivity index is 1.51. The molecule has 1 atom stereocenters. The molecule has 1 aromatic heterocycles. The van der Waals surface area contributed by atoms with Crippen LogP contribution < -0.4 is 15.4 Å². The molecule has 0 amide bonds. The Morgan fingerprint density at radius 3 is 2.69 bits per heavy atom. The van der Waals surface area contributed by atoms with E-state index in [-0.39, 0.29) is 17.3 Å². The average Bonchev–Trinajstić information content (AvgIpc) is 2.81. The Morgan fingerprint density at radius 2 is 2.00 bits per heavy atom. The molecule has 2 heterocycles. The Bertz CT molecular complexity index is 1290. The van der Waals surface area contributed by atoms with Gasteiger partial charge in [-0.2, -0.15) is 20.8 Å². The van der Waals surface area contributed by atoms with E-state index in [1.807, 2.05) is 32.0 Å². The van der Waals surface area contributed by atoms with Crippen LogP contribution in [0.25, 0.3) is 6.08 Å². The zero-order valence-corrected chi connectivity index (χ0v) is 20.1. The molecule has 2 aromatic carbocycles. The van der Waals surface area contributed by atoms with Gasteiger partial charge in [0.05, 0.1) is 17.1 Å². The second kappa shape index (κ2) is 10.4. The molecule has 0 saturated carbocycles. The van der Waals surface area contributed by atoms with E-state index in [1.54, 1.807) is 24.3 Å². The summed E-state index contributed by atoms with van der Waals surface area (Å²) in [6.45, 7) is 4.63. The quantitative estimate of drug-likeness (QED) is 0.321. The van der Waals surface area contributed by atoms with Gasteiger partial charge in [-0.05, 0) is 60.9 Å². The van der Waals surface area contributed by atoms with Gasteiger partial charge >= 0.3 is 0 Å². The number of allylic oxidation sites excluding steroid dienone is 1. The Labute approximate surface area is 204 Å². The van der Waals surface area contributed by atoms with Crippen LogP contribution in [0.2, 0.25) is 0 Å². The maximum absolute atomic E-state index is 14.9. The fourth-order valence-corrected chi connectivity index (χ4v) is 5.69. The molecular weight excluding hydrogens is 469 g/mol. The van der Waals surface area contributed by atoms with Crippen LogP contribution >= 0.6 is 10.6 Å². The number of nitrogens with one attached hydrogen (secondary N) is 2. The highest BCUT2D eigenvalue weighted by molar-refractivity contribution is 8.24. The van der Waals surface area contributed by atoms with Crippen LogP contribution in [0.4, 0.5) is 16.0 Å². The fraction of sp³-hybridized carbons (Fsp3) is 0.240. The fourth-order valence-electron chi connectivity index (χ4n) is 3.98. The van der Waals surface area contributed by atoms with Gasteiger partial charge < -0.3 is 15.4 Å². The lowest BCUT2D eigenvalue weighted by Gasteiger charge is -2.44. The Kier molecular flexibility index (Phi) is 7.33. The van der Waals surface area contributed by atoms with Crippen LogP contribution in [-0.4, -0.2) is 37.9 Å². The summed E-state index contributed by atoms with van der Waals surface area (Å²) in [6.07, 6.45) is 4.69. The van der Waals surface area contributed by atoms with Crippen molar-refractivity contribution in [3.05, 3.63) is 76.7 Å². The number of nitriles is 1. The summed E-state index contributed by atoms with van der Waals surface area (Å²) in [5.41, 5.74) is 3.35. The second-order valence-corrected chi connectivity index (χ2v) is 10.7. The van der Waals surface area contributed by atoms with E-state index in [0.29, 0.717) is 30.4 Å². The van der Waals surface area contributed by atoms with E-state index in [2.05, 4.69) is 20.6 Å². The van der Waals surface area contributed by atoms with Crippen LogP contribution in [0, 0.1) is 31.0 Å². The minimum Gasteiger partial charge on any atom is -0.438 e. The topological polar surface area (TPSA) is 123 Å². The molecule has 0 aliphatic carbocycles. The summed E-state index contributed by atoms with van der Waals surface area (Å²) < 4.78 is 41.5. The van der Waals surface area contributed by atoms with Crippen molar-refractivity contribution < 1.29 is 18.2 Å². The average molecular weight is 496 g/mol. The number of hydrogen-bond donors (Lipinski definition) is 4. The highest BCUT2D eigenvalue weighted by Gasteiger charge is 2.32. The lowest BCUT2D eigenvalue weighted by atomic mass is 10.1. The number of rotatable bonds is 6. The Morgan fingerprint density at radius 1 is 1.23 bits per heavy atom. The minimum absolute atomic E-state index is 0.204. The van der Waals surface area contributed by atoms with Gasteiger partial charge in [-0.25, -0.2) is 9.37 Å². The maximum Gasteiger partial charge on any atom is 0.230 e. The molecule has 1 saturated heterocycles. The molecule has 1 fully saturated rings. The maximum atomic E-state index is 14.9. The van der Waals surface area contributed by atoms with Gasteiger partial charge in [0.25, 0.3) is 0 Å². The molecule has 1 aliphatic rings. The van der Waals surface area contributed by atoms with Crippen LogP contribution in [0.5, 0.6) is 11.6 Å². The van der Waals surface area contributed by atoms with Crippen molar-refractivity contribution in [2.75, 3.05) is 24.2 Å². The molecule has 182 valence electrons. The van der Waals surface area contributed by atoms with Crippen LogP contribution in [0.15, 0.2) is 48.7 Å². The third-order valence-electron chi connectivity index (χ3n) is 5.64. The lowest BCUT2D eigenvalue weighted by molar-refractivity contribution is 0.445. The summed E-state index contributed by atoms with van der Waals surface area (Å²) in [5, 5.41) is 14.1.